The number of hydrogen-bond acceptors (Lipinski definition) is 5. The Kier molecular flexibility index (Phi) is 3.23. The summed E-state index contributed by atoms with van der Waals surface area (Å²) >= 11 is 7.49. The van der Waals surface area contributed by atoms with Gasteiger partial charge in [0.15, 0.2) is 5.78 Å². The fourth-order valence-corrected chi connectivity index (χ4v) is 3.54. The molecule has 96 valence electrons. The van der Waals surface area contributed by atoms with Crippen molar-refractivity contribution in [3.05, 3.63) is 34.1 Å². The number of Topliss-reactive ketones (excluding diaryl/α,β-unsaturated/α-hetero) is 1. The zero-order valence-electron chi connectivity index (χ0n) is 9.48. The van der Waals surface area contributed by atoms with Gasteiger partial charge in [0.25, 0.3) is 0 Å². The van der Waals surface area contributed by atoms with Crippen molar-refractivity contribution < 1.29 is 18.7 Å². The van der Waals surface area contributed by atoms with E-state index in [4.69, 9.17) is 25.5 Å². The van der Waals surface area contributed by atoms with E-state index in [0.717, 1.165) is 5.76 Å². The fraction of sp³-hybridized carbons (Fsp3) is 0.417. The lowest BCUT2D eigenvalue weighted by molar-refractivity contribution is -0.136. The van der Waals surface area contributed by atoms with Crippen LogP contribution in [-0.4, -0.2) is 24.8 Å². The Labute approximate surface area is 113 Å². The quantitative estimate of drug-likeness (QED) is 0.855. The summed E-state index contributed by atoms with van der Waals surface area (Å²) in [5.74, 6) is 0.358. The topological polar surface area (TPSA) is 48.7 Å². The van der Waals surface area contributed by atoms with Crippen molar-refractivity contribution >= 4 is 29.1 Å². The normalized spacial score (nSPS) is 22.4. The molecule has 1 aliphatic carbocycles. The van der Waals surface area contributed by atoms with E-state index in [0.29, 0.717) is 23.9 Å². The Morgan fingerprint density at radius 2 is 2.17 bits per heavy atom. The second-order valence-electron chi connectivity index (χ2n) is 4.06. The van der Waals surface area contributed by atoms with Crippen molar-refractivity contribution in [2.75, 3.05) is 13.2 Å². The summed E-state index contributed by atoms with van der Waals surface area (Å²) in [6, 6.07) is 3.70. The third-order valence-electron chi connectivity index (χ3n) is 2.88. The first-order valence-corrected chi connectivity index (χ1v) is 6.94. The Balaban J connectivity index is 1.80. The molecule has 0 unspecified atom stereocenters. The lowest BCUT2D eigenvalue weighted by Crippen LogP contribution is -2.29. The standard InChI is InChI=1S/C12H11ClO4S/c13-10-9(14)6-12(16-4-5-17-12)11(10)18-7-8-2-1-3-15-8/h1-3H,4-7H2. The fourth-order valence-electron chi connectivity index (χ4n) is 2.06. The van der Waals surface area contributed by atoms with Crippen LogP contribution in [0.15, 0.2) is 32.8 Å². The van der Waals surface area contributed by atoms with E-state index in [1.807, 2.05) is 12.1 Å². The number of halogens is 1. The van der Waals surface area contributed by atoms with Crippen LogP contribution in [0.3, 0.4) is 0 Å². The molecule has 1 spiro atoms. The average Bonchev–Trinajstić information content (AvgIpc) is 3.04. The van der Waals surface area contributed by atoms with Gasteiger partial charge in [-0.1, -0.05) is 11.6 Å². The Bertz CT molecular complexity index is 488. The van der Waals surface area contributed by atoms with Crippen molar-refractivity contribution in [1.82, 2.24) is 0 Å². The number of ketones is 1. The van der Waals surface area contributed by atoms with Gasteiger partial charge in [0, 0.05) is 0 Å². The number of thioether (sulfide) groups is 1. The number of allylic oxidation sites excluding steroid dienone is 1. The summed E-state index contributed by atoms with van der Waals surface area (Å²) < 4.78 is 16.4. The molecule has 1 aliphatic heterocycles. The van der Waals surface area contributed by atoms with Crippen molar-refractivity contribution in [3.8, 4) is 0 Å². The summed E-state index contributed by atoms with van der Waals surface area (Å²) in [4.78, 5) is 12.4. The molecule has 0 bridgehead atoms. The SMILES string of the molecule is O=C1CC2(OCCO2)C(SCc2ccco2)=C1Cl. The highest BCUT2D eigenvalue weighted by Crippen LogP contribution is 2.47. The molecule has 2 aliphatic rings. The van der Waals surface area contributed by atoms with Gasteiger partial charge in [-0.25, -0.2) is 0 Å². The maximum Gasteiger partial charge on any atom is 0.210 e. The lowest BCUT2D eigenvalue weighted by atomic mass is 10.2. The van der Waals surface area contributed by atoms with Crippen molar-refractivity contribution in [2.24, 2.45) is 0 Å². The molecule has 1 saturated heterocycles. The zero-order chi connectivity index (χ0) is 12.6. The largest absolute Gasteiger partial charge is 0.468 e. The average molecular weight is 287 g/mol. The summed E-state index contributed by atoms with van der Waals surface area (Å²) in [7, 11) is 0. The van der Waals surface area contributed by atoms with E-state index < -0.39 is 5.79 Å². The molecule has 0 atom stereocenters. The minimum atomic E-state index is -0.939. The van der Waals surface area contributed by atoms with Gasteiger partial charge in [0.05, 0.1) is 41.6 Å². The third kappa shape index (κ3) is 2.01. The summed E-state index contributed by atoms with van der Waals surface area (Å²) in [6.07, 6.45) is 1.79. The van der Waals surface area contributed by atoms with Gasteiger partial charge in [-0.05, 0) is 12.1 Å². The van der Waals surface area contributed by atoms with Crippen molar-refractivity contribution in [2.45, 2.75) is 18.0 Å². The van der Waals surface area contributed by atoms with E-state index in [9.17, 15) is 4.79 Å². The van der Waals surface area contributed by atoms with Crippen LogP contribution in [0.2, 0.25) is 0 Å². The number of rotatable bonds is 3. The van der Waals surface area contributed by atoms with Crippen molar-refractivity contribution in [3.63, 3.8) is 0 Å². The number of carbonyl (C=O) groups excluding carboxylic acids is 1. The molecule has 3 rings (SSSR count). The molecule has 0 amide bonds. The molecule has 0 N–H and O–H groups in total. The zero-order valence-corrected chi connectivity index (χ0v) is 11.1. The van der Waals surface area contributed by atoms with Gasteiger partial charge < -0.3 is 13.9 Å². The minimum absolute atomic E-state index is 0.125. The molecular weight excluding hydrogens is 276 g/mol. The first-order valence-electron chi connectivity index (χ1n) is 5.58. The molecule has 1 aromatic rings. The molecule has 2 heterocycles. The summed E-state index contributed by atoms with van der Waals surface area (Å²) in [5, 5.41) is 0.230. The molecular formula is C12H11ClO4S. The Hall–Kier alpha value is -0.750. The molecule has 1 fully saturated rings. The predicted octanol–water partition coefficient (Wildman–Crippen LogP) is 2.68. The number of furan rings is 1. The lowest BCUT2D eigenvalue weighted by Gasteiger charge is -2.23. The first-order chi connectivity index (χ1) is 8.71. The third-order valence-corrected chi connectivity index (χ3v) is 4.62. The molecule has 4 nitrogen and oxygen atoms in total. The number of carbonyl (C=O) groups is 1. The second kappa shape index (κ2) is 4.74. The smallest absolute Gasteiger partial charge is 0.210 e. The van der Waals surface area contributed by atoms with E-state index in [2.05, 4.69) is 0 Å². The molecule has 0 aromatic carbocycles. The minimum Gasteiger partial charge on any atom is -0.468 e. The van der Waals surface area contributed by atoms with Gasteiger partial charge in [-0.15, -0.1) is 11.8 Å². The van der Waals surface area contributed by atoms with Gasteiger partial charge >= 0.3 is 0 Å². The van der Waals surface area contributed by atoms with Gasteiger partial charge in [-0.3, -0.25) is 4.79 Å². The molecule has 0 radical (unpaired) electrons. The molecule has 18 heavy (non-hydrogen) atoms. The highest BCUT2D eigenvalue weighted by Gasteiger charge is 2.50. The number of ether oxygens (including phenoxy) is 2. The first kappa shape index (κ1) is 12.3. The summed E-state index contributed by atoms with van der Waals surface area (Å²) in [5.41, 5.74) is 0. The van der Waals surface area contributed by atoms with Gasteiger partial charge in [-0.2, -0.15) is 0 Å². The van der Waals surface area contributed by atoms with Crippen LogP contribution in [-0.2, 0) is 20.0 Å². The van der Waals surface area contributed by atoms with Crippen LogP contribution >= 0.6 is 23.4 Å². The van der Waals surface area contributed by atoms with Crippen LogP contribution in [0.1, 0.15) is 12.2 Å². The maximum absolute atomic E-state index is 11.7. The predicted molar refractivity (Wildman–Crippen MR) is 67.1 cm³/mol. The van der Waals surface area contributed by atoms with Crippen LogP contribution < -0.4 is 0 Å². The van der Waals surface area contributed by atoms with Crippen LogP contribution in [0.25, 0.3) is 0 Å². The second-order valence-corrected chi connectivity index (χ2v) is 5.42. The van der Waals surface area contributed by atoms with Crippen LogP contribution in [0, 0.1) is 0 Å². The van der Waals surface area contributed by atoms with Crippen LogP contribution in [0.5, 0.6) is 0 Å². The van der Waals surface area contributed by atoms with E-state index in [1.165, 1.54) is 11.8 Å². The molecule has 1 aromatic heterocycles. The van der Waals surface area contributed by atoms with E-state index in [-0.39, 0.29) is 17.2 Å². The Morgan fingerprint density at radius 3 is 2.83 bits per heavy atom. The molecule has 0 saturated carbocycles. The summed E-state index contributed by atoms with van der Waals surface area (Å²) in [6.45, 7) is 0.977. The van der Waals surface area contributed by atoms with Gasteiger partial charge in [0.1, 0.15) is 5.76 Å². The monoisotopic (exact) mass is 286 g/mol. The van der Waals surface area contributed by atoms with Gasteiger partial charge in [0.2, 0.25) is 5.79 Å². The van der Waals surface area contributed by atoms with Crippen molar-refractivity contribution in [1.29, 1.82) is 0 Å². The maximum atomic E-state index is 11.7. The Morgan fingerprint density at radius 1 is 1.39 bits per heavy atom. The van der Waals surface area contributed by atoms with Crippen LogP contribution in [0.4, 0.5) is 0 Å². The number of hydrogen-bond donors (Lipinski definition) is 0. The molecule has 6 heteroatoms. The van der Waals surface area contributed by atoms with E-state index >= 15 is 0 Å². The highest BCUT2D eigenvalue weighted by atomic mass is 35.5. The highest BCUT2D eigenvalue weighted by molar-refractivity contribution is 8.02. The van der Waals surface area contributed by atoms with E-state index in [1.54, 1.807) is 6.26 Å².